The molecular formula is C16H21N3O2. The van der Waals surface area contributed by atoms with Crippen molar-refractivity contribution in [2.24, 2.45) is 0 Å². The molecule has 0 heterocycles. The molecule has 2 N–H and O–H groups in total. The Balaban J connectivity index is 1.92. The Labute approximate surface area is 125 Å². The van der Waals surface area contributed by atoms with Crippen molar-refractivity contribution < 1.29 is 9.53 Å². The van der Waals surface area contributed by atoms with E-state index in [1.807, 2.05) is 19.9 Å². The molecule has 2 rings (SSSR count). The first-order valence-electron chi connectivity index (χ1n) is 7.20. The number of carbonyl (C=O) groups is 1. The molecule has 0 radical (unpaired) electrons. The van der Waals surface area contributed by atoms with Crippen LogP contribution >= 0.6 is 0 Å². The number of nitriles is 1. The highest BCUT2D eigenvalue weighted by molar-refractivity contribution is 5.77. The number of carbonyl (C=O) groups excluding carboxylic acids is 1. The van der Waals surface area contributed by atoms with Crippen molar-refractivity contribution in [1.29, 1.82) is 5.26 Å². The summed E-state index contributed by atoms with van der Waals surface area (Å²) in [5.74, 6) is 0.465. The minimum atomic E-state index is -0.283. The Hall–Kier alpha value is -2.06. The Morgan fingerprint density at radius 2 is 2.05 bits per heavy atom. The summed E-state index contributed by atoms with van der Waals surface area (Å²) in [5, 5.41) is 14.3. The fourth-order valence-corrected chi connectivity index (χ4v) is 2.25. The Kier molecular flexibility index (Phi) is 5.18. The lowest BCUT2D eigenvalue weighted by Gasteiger charge is -2.14. The van der Waals surface area contributed by atoms with Gasteiger partial charge in [-0.15, -0.1) is 0 Å². The lowest BCUT2D eigenvalue weighted by atomic mass is 10.1. The van der Waals surface area contributed by atoms with Crippen molar-refractivity contribution >= 4 is 5.91 Å². The maximum Gasteiger partial charge on any atom is 0.258 e. The van der Waals surface area contributed by atoms with Gasteiger partial charge in [-0.25, -0.2) is 0 Å². The molecule has 5 heteroatoms. The van der Waals surface area contributed by atoms with E-state index in [-0.39, 0.29) is 19.1 Å². The zero-order valence-electron chi connectivity index (χ0n) is 12.5. The highest BCUT2D eigenvalue weighted by atomic mass is 16.5. The summed E-state index contributed by atoms with van der Waals surface area (Å²) in [7, 11) is 0. The number of nitrogens with zero attached hydrogens (tertiary/aromatic N) is 1. The zero-order valence-corrected chi connectivity index (χ0v) is 12.5. The van der Waals surface area contributed by atoms with Crippen LogP contribution in [0.5, 0.6) is 5.75 Å². The molecule has 1 aliphatic carbocycles. The second-order valence-electron chi connectivity index (χ2n) is 5.44. The molecule has 1 aromatic rings. The van der Waals surface area contributed by atoms with E-state index >= 15 is 0 Å². The van der Waals surface area contributed by atoms with Crippen LogP contribution in [0.4, 0.5) is 0 Å². The third kappa shape index (κ3) is 4.76. The van der Waals surface area contributed by atoms with Gasteiger partial charge in [0.1, 0.15) is 12.3 Å². The first kappa shape index (κ1) is 15.3. The number of hydrogen-bond donors (Lipinski definition) is 2. The molecule has 0 aromatic heterocycles. The van der Waals surface area contributed by atoms with Gasteiger partial charge in [-0.2, -0.15) is 5.26 Å². The van der Waals surface area contributed by atoms with Gasteiger partial charge in [0.15, 0.2) is 6.61 Å². The van der Waals surface area contributed by atoms with E-state index in [2.05, 4.69) is 22.8 Å². The largest absolute Gasteiger partial charge is 0.483 e. The molecule has 0 spiro atoms. The van der Waals surface area contributed by atoms with Crippen molar-refractivity contribution in [3.8, 4) is 11.8 Å². The predicted octanol–water partition coefficient (Wildman–Crippen LogP) is 1.57. The van der Waals surface area contributed by atoms with E-state index in [1.165, 1.54) is 18.4 Å². The van der Waals surface area contributed by atoms with Crippen LogP contribution in [0.15, 0.2) is 12.1 Å². The maximum atomic E-state index is 11.5. The Morgan fingerprint density at radius 1 is 1.38 bits per heavy atom. The van der Waals surface area contributed by atoms with Crippen LogP contribution in [0.25, 0.3) is 0 Å². The molecular weight excluding hydrogens is 266 g/mol. The average molecular weight is 287 g/mol. The fraction of sp³-hybridized carbons (Fsp3) is 0.500. The van der Waals surface area contributed by atoms with Gasteiger partial charge in [-0.1, -0.05) is 12.1 Å². The van der Waals surface area contributed by atoms with Crippen LogP contribution in [0, 0.1) is 25.2 Å². The molecule has 1 aromatic carbocycles. The topological polar surface area (TPSA) is 74.2 Å². The lowest BCUT2D eigenvalue weighted by Crippen LogP contribution is -2.29. The Morgan fingerprint density at radius 3 is 2.62 bits per heavy atom. The summed E-state index contributed by atoms with van der Waals surface area (Å²) in [6, 6.07) is 6.72. The van der Waals surface area contributed by atoms with Crippen LogP contribution in [0.2, 0.25) is 0 Å². The molecule has 21 heavy (non-hydrogen) atoms. The number of aryl methyl sites for hydroxylation is 2. The van der Waals surface area contributed by atoms with Gasteiger partial charge >= 0.3 is 0 Å². The molecule has 5 nitrogen and oxygen atoms in total. The van der Waals surface area contributed by atoms with E-state index in [9.17, 15) is 4.79 Å². The van der Waals surface area contributed by atoms with Crippen LogP contribution in [-0.2, 0) is 11.3 Å². The summed E-state index contributed by atoms with van der Waals surface area (Å²) in [6.07, 6.45) is 2.55. The molecule has 0 unspecified atom stereocenters. The van der Waals surface area contributed by atoms with E-state index in [4.69, 9.17) is 10.00 Å². The van der Waals surface area contributed by atoms with Crippen LogP contribution in [-0.4, -0.2) is 25.1 Å². The van der Waals surface area contributed by atoms with Gasteiger partial charge in [-0.05, 0) is 43.4 Å². The van der Waals surface area contributed by atoms with Gasteiger partial charge in [0, 0.05) is 12.6 Å². The summed E-state index contributed by atoms with van der Waals surface area (Å²) in [5.41, 5.74) is 3.28. The standard InChI is InChI=1S/C16H21N3O2/c1-11-7-13(9-19-14-3-4-14)8-12(2)16(11)21-10-15(20)18-6-5-17/h7-8,14,19H,3-4,6,9-10H2,1-2H3,(H,18,20). The fourth-order valence-electron chi connectivity index (χ4n) is 2.25. The highest BCUT2D eigenvalue weighted by Crippen LogP contribution is 2.26. The number of nitrogens with one attached hydrogen (secondary N) is 2. The minimum absolute atomic E-state index is 0.00588. The molecule has 1 fully saturated rings. The second-order valence-corrected chi connectivity index (χ2v) is 5.44. The summed E-state index contributed by atoms with van der Waals surface area (Å²) < 4.78 is 5.58. The van der Waals surface area contributed by atoms with Crippen LogP contribution in [0.1, 0.15) is 29.5 Å². The van der Waals surface area contributed by atoms with Crippen molar-refractivity contribution in [3.05, 3.63) is 28.8 Å². The summed E-state index contributed by atoms with van der Waals surface area (Å²) in [4.78, 5) is 11.5. The van der Waals surface area contributed by atoms with E-state index < -0.39 is 0 Å². The molecule has 1 aliphatic rings. The molecule has 0 bridgehead atoms. The smallest absolute Gasteiger partial charge is 0.258 e. The van der Waals surface area contributed by atoms with E-state index in [1.54, 1.807) is 0 Å². The summed E-state index contributed by atoms with van der Waals surface area (Å²) >= 11 is 0. The number of amides is 1. The third-order valence-corrected chi connectivity index (χ3v) is 3.40. The highest BCUT2D eigenvalue weighted by Gasteiger charge is 2.20. The number of hydrogen-bond acceptors (Lipinski definition) is 4. The van der Waals surface area contributed by atoms with Crippen molar-refractivity contribution in [2.45, 2.75) is 39.3 Å². The average Bonchev–Trinajstić information content (AvgIpc) is 3.26. The normalized spacial score (nSPS) is 13.6. The van der Waals surface area contributed by atoms with Crippen molar-refractivity contribution in [3.63, 3.8) is 0 Å². The molecule has 0 atom stereocenters. The molecule has 0 saturated heterocycles. The minimum Gasteiger partial charge on any atom is -0.483 e. The van der Waals surface area contributed by atoms with Gasteiger partial charge in [0.2, 0.25) is 0 Å². The number of ether oxygens (including phenoxy) is 1. The first-order chi connectivity index (χ1) is 10.1. The van der Waals surface area contributed by atoms with Gasteiger partial charge in [-0.3, -0.25) is 4.79 Å². The van der Waals surface area contributed by atoms with Crippen molar-refractivity contribution in [2.75, 3.05) is 13.2 Å². The Bertz CT molecular complexity index is 536. The monoisotopic (exact) mass is 287 g/mol. The first-order valence-corrected chi connectivity index (χ1v) is 7.20. The maximum absolute atomic E-state index is 11.5. The molecule has 0 aliphatic heterocycles. The van der Waals surface area contributed by atoms with Gasteiger partial charge in [0.25, 0.3) is 5.91 Å². The number of benzene rings is 1. The van der Waals surface area contributed by atoms with E-state index in [0.29, 0.717) is 6.04 Å². The van der Waals surface area contributed by atoms with E-state index in [0.717, 1.165) is 23.4 Å². The predicted molar refractivity (Wildman–Crippen MR) is 79.9 cm³/mol. The molecule has 112 valence electrons. The third-order valence-electron chi connectivity index (χ3n) is 3.40. The van der Waals surface area contributed by atoms with Gasteiger partial charge < -0.3 is 15.4 Å². The van der Waals surface area contributed by atoms with Crippen LogP contribution in [0.3, 0.4) is 0 Å². The zero-order chi connectivity index (χ0) is 15.2. The van der Waals surface area contributed by atoms with Crippen molar-refractivity contribution in [1.82, 2.24) is 10.6 Å². The SMILES string of the molecule is Cc1cc(CNC2CC2)cc(C)c1OCC(=O)NCC#N. The van der Waals surface area contributed by atoms with Gasteiger partial charge in [0.05, 0.1) is 6.07 Å². The molecule has 1 saturated carbocycles. The second kappa shape index (κ2) is 7.09. The number of rotatable bonds is 7. The quantitative estimate of drug-likeness (QED) is 0.747. The lowest BCUT2D eigenvalue weighted by molar-refractivity contribution is -0.122. The molecule has 1 amide bonds. The van der Waals surface area contributed by atoms with Crippen LogP contribution < -0.4 is 15.4 Å². The summed E-state index contributed by atoms with van der Waals surface area (Å²) in [6.45, 7) is 4.77.